The summed E-state index contributed by atoms with van der Waals surface area (Å²) in [5.74, 6) is 3.08. The van der Waals surface area contributed by atoms with Crippen LogP contribution in [0.3, 0.4) is 0 Å². The number of allylic oxidation sites excluding steroid dienone is 1. The molecule has 0 aromatic carbocycles. The van der Waals surface area contributed by atoms with Gasteiger partial charge in [-0.3, -0.25) is 4.79 Å². The van der Waals surface area contributed by atoms with Crippen molar-refractivity contribution >= 4 is 5.78 Å². The van der Waals surface area contributed by atoms with E-state index >= 15 is 0 Å². The van der Waals surface area contributed by atoms with E-state index in [4.69, 9.17) is 9.47 Å². The smallest absolute Gasteiger partial charge is 0.157 e. The molecule has 3 heteroatoms. The van der Waals surface area contributed by atoms with Crippen LogP contribution < -0.4 is 0 Å². The van der Waals surface area contributed by atoms with Crippen molar-refractivity contribution in [3.05, 3.63) is 11.6 Å². The molecule has 29 heavy (non-hydrogen) atoms. The monoisotopic (exact) mass is 400 g/mol. The summed E-state index contributed by atoms with van der Waals surface area (Å²) in [5, 5.41) is 0. The highest BCUT2D eigenvalue weighted by molar-refractivity contribution is 5.79. The lowest BCUT2D eigenvalue weighted by atomic mass is 9.47. The third-order valence-corrected chi connectivity index (χ3v) is 10.0. The van der Waals surface area contributed by atoms with Crippen LogP contribution in [0.25, 0.3) is 0 Å². The molecule has 162 valence electrons. The molecule has 8 atom stereocenters. The predicted octanol–water partition coefficient (Wildman–Crippen LogP) is 6.07. The van der Waals surface area contributed by atoms with Gasteiger partial charge in [-0.1, -0.05) is 25.5 Å². The molecule has 0 N–H and O–H groups in total. The molecule has 3 saturated carbocycles. The van der Waals surface area contributed by atoms with E-state index in [-0.39, 0.29) is 11.7 Å². The van der Waals surface area contributed by atoms with E-state index in [1.165, 1.54) is 51.4 Å². The van der Waals surface area contributed by atoms with Gasteiger partial charge in [0.15, 0.2) is 6.29 Å². The molecule has 3 nitrogen and oxygen atoms in total. The Labute approximate surface area is 177 Å². The molecule has 0 aromatic heterocycles. The zero-order valence-corrected chi connectivity index (χ0v) is 18.8. The Kier molecular flexibility index (Phi) is 5.22. The number of hydrogen-bond donors (Lipinski definition) is 0. The normalized spacial score (nSPS) is 49.6. The fraction of sp³-hybridized carbons (Fsp3) is 0.885. The minimum atomic E-state index is 0.0347. The lowest BCUT2D eigenvalue weighted by Crippen LogP contribution is -2.51. The van der Waals surface area contributed by atoms with Crippen molar-refractivity contribution in [1.29, 1.82) is 0 Å². The van der Waals surface area contributed by atoms with Crippen molar-refractivity contribution < 1.29 is 14.3 Å². The van der Waals surface area contributed by atoms with E-state index in [2.05, 4.69) is 19.9 Å². The van der Waals surface area contributed by atoms with Crippen LogP contribution in [0, 0.1) is 34.5 Å². The van der Waals surface area contributed by atoms with E-state index in [0.717, 1.165) is 43.6 Å². The van der Waals surface area contributed by atoms with Gasteiger partial charge in [-0.05, 0) is 106 Å². The Bertz CT molecular complexity index is 677. The van der Waals surface area contributed by atoms with Crippen LogP contribution in [0.5, 0.6) is 0 Å². The lowest BCUT2D eigenvalue weighted by molar-refractivity contribution is -0.195. The van der Waals surface area contributed by atoms with Crippen LogP contribution in [0.2, 0.25) is 0 Å². The molecule has 4 aliphatic carbocycles. The van der Waals surface area contributed by atoms with E-state index in [1.807, 2.05) is 6.92 Å². The van der Waals surface area contributed by atoms with Crippen molar-refractivity contribution in [2.75, 3.05) is 6.61 Å². The SMILES string of the molecule is CC(=O)C1CC[C@H]2[C@@H]3CC=C4C[C@@H](OC5CCCCO5)CC[C@]4(C)C3CC[C@]12C. The summed E-state index contributed by atoms with van der Waals surface area (Å²) in [4.78, 5) is 12.3. The maximum Gasteiger partial charge on any atom is 0.157 e. The predicted molar refractivity (Wildman–Crippen MR) is 114 cm³/mol. The molecule has 0 radical (unpaired) electrons. The Hall–Kier alpha value is -0.670. The van der Waals surface area contributed by atoms with Crippen LogP contribution in [-0.4, -0.2) is 24.8 Å². The molecule has 3 unspecified atom stereocenters. The highest BCUT2D eigenvalue weighted by atomic mass is 16.7. The lowest BCUT2D eigenvalue weighted by Gasteiger charge is -2.58. The quantitative estimate of drug-likeness (QED) is 0.540. The number of rotatable bonds is 3. The molecular weight excluding hydrogens is 360 g/mol. The second-order valence-corrected chi connectivity index (χ2v) is 11.3. The summed E-state index contributed by atoms with van der Waals surface area (Å²) < 4.78 is 12.2. The standard InChI is InChI=1S/C26H40O3/c1-17(27)21-9-10-22-20-8-7-18-16-19(29-24-6-4-5-15-28-24)11-13-25(18,2)23(20)12-14-26(21,22)3/h7,19-24H,4-6,8-16H2,1-3H3/t19-,20-,21?,22-,23?,24?,25-,26+/m0/s1. The third-order valence-electron chi connectivity index (χ3n) is 10.0. The molecule has 5 rings (SSSR count). The van der Waals surface area contributed by atoms with Gasteiger partial charge in [0.05, 0.1) is 6.10 Å². The summed E-state index contributed by atoms with van der Waals surface area (Å²) in [7, 11) is 0. The fourth-order valence-electron chi connectivity index (χ4n) is 8.44. The number of Topliss-reactive ketones (excluding diaryl/α,β-unsaturated/α-hetero) is 1. The van der Waals surface area contributed by atoms with Crippen molar-refractivity contribution in [1.82, 2.24) is 0 Å². The average Bonchev–Trinajstić information content (AvgIpc) is 3.06. The number of carbonyl (C=O) groups is 1. The van der Waals surface area contributed by atoms with Gasteiger partial charge in [0, 0.05) is 12.5 Å². The van der Waals surface area contributed by atoms with E-state index in [1.54, 1.807) is 5.57 Å². The third kappa shape index (κ3) is 3.26. The van der Waals surface area contributed by atoms with Gasteiger partial charge in [0.1, 0.15) is 5.78 Å². The van der Waals surface area contributed by atoms with Crippen LogP contribution in [0.1, 0.15) is 91.4 Å². The van der Waals surface area contributed by atoms with Crippen LogP contribution in [-0.2, 0) is 14.3 Å². The van der Waals surface area contributed by atoms with Crippen LogP contribution >= 0.6 is 0 Å². The Balaban J connectivity index is 1.32. The number of fused-ring (bicyclic) bond motifs is 5. The molecule has 0 amide bonds. The highest BCUT2D eigenvalue weighted by Crippen LogP contribution is 2.66. The maximum absolute atomic E-state index is 12.3. The molecule has 1 heterocycles. The first-order chi connectivity index (χ1) is 13.9. The number of ether oxygens (including phenoxy) is 2. The summed E-state index contributed by atoms with van der Waals surface area (Å²) in [5.41, 5.74) is 2.29. The first kappa shape index (κ1) is 20.2. The summed E-state index contributed by atoms with van der Waals surface area (Å²) in [6.07, 6.45) is 16.2. The summed E-state index contributed by atoms with van der Waals surface area (Å²) >= 11 is 0. The van der Waals surface area contributed by atoms with Crippen molar-refractivity contribution in [3.63, 3.8) is 0 Å². The number of ketones is 1. The van der Waals surface area contributed by atoms with Gasteiger partial charge in [-0.15, -0.1) is 0 Å². The minimum Gasteiger partial charge on any atom is -0.353 e. The molecule has 4 fully saturated rings. The van der Waals surface area contributed by atoms with E-state index < -0.39 is 0 Å². The van der Waals surface area contributed by atoms with Crippen LogP contribution in [0.15, 0.2) is 11.6 Å². The van der Waals surface area contributed by atoms with Crippen LogP contribution in [0.4, 0.5) is 0 Å². The Morgan fingerprint density at radius 1 is 1.07 bits per heavy atom. The van der Waals surface area contributed by atoms with Gasteiger partial charge in [-0.2, -0.15) is 0 Å². The van der Waals surface area contributed by atoms with Crippen molar-refractivity contribution in [3.8, 4) is 0 Å². The van der Waals surface area contributed by atoms with Gasteiger partial charge in [0.2, 0.25) is 0 Å². The highest BCUT2D eigenvalue weighted by Gasteiger charge is 2.59. The van der Waals surface area contributed by atoms with Gasteiger partial charge in [0.25, 0.3) is 0 Å². The van der Waals surface area contributed by atoms with Gasteiger partial charge >= 0.3 is 0 Å². The minimum absolute atomic E-state index is 0.0347. The van der Waals surface area contributed by atoms with Crippen molar-refractivity contribution in [2.45, 2.75) is 104 Å². The van der Waals surface area contributed by atoms with Gasteiger partial charge in [-0.25, -0.2) is 0 Å². The first-order valence-corrected chi connectivity index (χ1v) is 12.4. The van der Waals surface area contributed by atoms with Gasteiger partial charge < -0.3 is 9.47 Å². The fourth-order valence-corrected chi connectivity index (χ4v) is 8.44. The maximum atomic E-state index is 12.3. The van der Waals surface area contributed by atoms with E-state index in [9.17, 15) is 4.79 Å². The molecule has 0 bridgehead atoms. The molecule has 0 aromatic rings. The molecule has 0 spiro atoms. The zero-order chi connectivity index (χ0) is 20.2. The zero-order valence-electron chi connectivity index (χ0n) is 18.8. The number of hydrogen-bond acceptors (Lipinski definition) is 3. The topological polar surface area (TPSA) is 35.5 Å². The summed E-state index contributed by atoms with van der Waals surface area (Å²) in [6, 6.07) is 0. The Morgan fingerprint density at radius 2 is 1.93 bits per heavy atom. The number of carbonyl (C=O) groups excluding carboxylic acids is 1. The Morgan fingerprint density at radius 3 is 2.69 bits per heavy atom. The van der Waals surface area contributed by atoms with E-state index in [0.29, 0.717) is 23.2 Å². The molecular formula is C26H40O3. The largest absolute Gasteiger partial charge is 0.353 e. The molecule has 1 saturated heterocycles. The molecule has 5 aliphatic rings. The second kappa shape index (κ2) is 7.48. The summed E-state index contributed by atoms with van der Waals surface area (Å²) in [6.45, 7) is 7.71. The average molecular weight is 401 g/mol. The second-order valence-electron chi connectivity index (χ2n) is 11.3. The van der Waals surface area contributed by atoms with Crippen molar-refractivity contribution in [2.24, 2.45) is 34.5 Å². The molecule has 1 aliphatic heterocycles. The first-order valence-electron chi connectivity index (χ1n) is 12.4.